The van der Waals surface area contributed by atoms with Gasteiger partial charge in [-0.05, 0) is 31.0 Å². The van der Waals surface area contributed by atoms with Crippen molar-refractivity contribution < 1.29 is 14.3 Å². The summed E-state index contributed by atoms with van der Waals surface area (Å²) in [7, 11) is -1.77. The Bertz CT molecular complexity index is 223. The quantitative estimate of drug-likeness (QED) is 0.761. The first-order valence-corrected chi connectivity index (χ1v) is 9.08. The average Bonchev–Trinajstić information content (AvgIpc) is 2.30. The number of aliphatic hydroxyl groups excluding tert-OH is 1. The second-order valence-electron chi connectivity index (χ2n) is 6.17. The summed E-state index contributed by atoms with van der Waals surface area (Å²) >= 11 is 0. The monoisotopic (exact) mass is 246 g/mol. The fourth-order valence-corrected chi connectivity index (χ4v) is 2.96. The molecule has 0 amide bonds. The lowest BCUT2D eigenvalue weighted by atomic mass is 10.1. The van der Waals surface area contributed by atoms with Gasteiger partial charge in [-0.25, -0.2) is 0 Å². The van der Waals surface area contributed by atoms with Gasteiger partial charge in [-0.2, -0.15) is 0 Å². The van der Waals surface area contributed by atoms with Gasteiger partial charge in [0, 0.05) is 13.2 Å². The van der Waals surface area contributed by atoms with Gasteiger partial charge in [0.15, 0.2) is 8.32 Å². The van der Waals surface area contributed by atoms with Gasteiger partial charge in [0.05, 0.1) is 12.2 Å². The molecule has 0 aliphatic carbocycles. The Kier molecular flexibility index (Phi) is 4.57. The fourth-order valence-electron chi connectivity index (χ4n) is 1.58. The summed E-state index contributed by atoms with van der Waals surface area (Å²) < 4.78 is 11.6. The van der Waals surface area contributed by atoms with E-state index in [0.29, 0.717) is 19.6 Å². The third-order valence-electron chi connectivity index (χ3n) is 3.79. The highest BCUT2D eigenvalue weighted by molar-refractivity contribution is 6.74. The SMILES string of the molecule is CC(C)(C)[Si](C)(C)OC1CCOCCC1O. The zero-order chi connectivity index (χ0) is 12.4. The summed E-state index contributed by atoms with van der Waals surface area (Å²) in [5.74, 6) is 0. The first-order chi connectivity index (χ1) is 7.24. The van der Waals surface area contributed by atoms with Gasteiger partial charge in [0.25, 0.3) is 0 Å². The van der Waals surface area contributed by atoms with Crippen LogP contribution in [-0.4, -0.2) is 38.8 Å². The molecule has 4 heteroatoms. The highest BCUT2D eigenvalue weighted by Crippen LogP contribution is 2.38. The highest BCUT2D eigenvalue weighted by Gasteiger charge is 2.40. The van der Waals surface area contributed by atoms with Crippen molar-refractivity contribution in [2.24, 2.45) is 0 Å². The summed E-state index contributed by atoms with van der Waals surface area (Å²) in [5.41, 5.74) is 0. The summed E-state index contributed by atoms with van der Waals surface area (Å²) in [5, 5.41) is 10.2. The first-order valence-electron chi connectivity index (χ1n) is 6.18. The first kappa shape index (κ1) is 14.2. The topological polar surface area (TPSA) is 38.7 Å². The number of hydrogen-bond donors (Lipinski definition) is 1. The lowest BCUT2D eigenvalue weighted by Crippen LogP contribution is -2.47. The molecule has 0 radical (unpaired) electrons. The van der Waals surface area contributed by atoms with E-state index >= 15 is 0 Å². The molecular weight excluding hydrogens is 220 g/mol. The van der Waals surface area contributed by atoms with Crippen LogP contribution in [0.3, 0.4) is 0 Å². The van der Waals surface area contributed by atoms with Crippen molar-refractivity contribution in [3.05, 3.63) is 0 Å². The van der Waals surface area contributed by atoms with Crippen molar-refractivity contribution in [1.82, 2.24) is 0 Å². The molecule has 0 bridgehead atoms. The molecular formula is C12H26O3Si. The highest BCUT2D eigenvalue weighted by atomic mass is 28.4. The smallest absolute Gasteiger partial charge is 0.192 e. The van der Waals surface area contributed by atoms with E-state index in [0.717, 1.165) is 6.42 Å². The van der Waals surface area contributed by atoms with E-state index in [1.54, 1.807) is 0 Å². The van der Waals surface area contributed by atoms with E-state index in [-0.39, 0.29) is 17.2 Å². The molecule has 0 aromatic heterocycles. The van der Waals surface area contributed by atoms with Gasteiger partial charge in [-0.15, -0.1) is 0 Å². The minimum absolute atomic E-state index is 0.0385. The maximum Gasteiger partial charge on any atom is 0.192 e. The van der Waals surface area contributed by atoms with Gasteiger partial charge >= 0.3 is 0 Å². The van der Waals surface area contributed by atoms with E-state index in [4.69, 9.17) is 9.16 Å². The predicted octanol–water partition coefficient (Wildman–Crippen LogP) is 2.55. The van der Waals surface area contributed by atoms with Crippen LogP contribution in [0.1, 0.15) is 33.6 Å². The molecule has 1 saturated heterocycles. The predicted molar refractivity (Wildman–Crippen MR) is 68.1 cm³/mol. The molecule has 1 heterocycles. The van der Waals surface area contributed by atoms with Crippen LogP contribution >= 0.6 is 0 Å². The van der Waals surface area contributed by atoms with Gasteiger partial charge in [-0.3, -0.25) is 0 Å². The molecule has 2 atom stereocenters. The molecule has 0 aromatic rings. The molecule has 0 saturated carbocycles. The van der Waals surface area contributed by atoms with Crippen LogP contribution in [0, 0.1) is 0 Å². The van der Waals surface area contributed by atoms with Crippen LogP contribution in [0.4, 0.5) is 0 Å². The molecule has 1 fully saturated rings. The van der Waals surface area contributed by atoms with Crippen LogP contribution in [0.15, 0.2) is 0 Å². The summed E-state index contributed by atoms with van der Waals surface area (Å²) in [6, 6.07) is 0. The molecule has 2 unspecified atom stereocenters. The standard InChI is InChI=1S/C12H26O3Si/c1-12(2,3)16(4,5)15-11-7-9-14-8-6-10(11)13/h10-11,13H,6-9H2,1-5H3. The minimum Gasteiger partial charge on any atom is -0.411 e. The molecule has 3 nitrogen and oxygen atoms in total. The molecule has 1 rings (SSSR count). The number of aliphatic hydroxyl groups is 1. The largest absolute Gasteiger partial charge is 0.411 e. The lowest BCUT2D eigenvalue weighted by Gasteiger charge is -2.40. The number of ether oxygens (including phenoxy) is 1. The fraction of sp³-hybridized carbons (Fsp3) is 1.00. The molecule has 0 spiro atoms. The Morgan fingerprint density at radius 1 is 1.19 bits per heavy atom. The zero-order valence-electron chi connectivity index (χ0n) is 11.2. The van der Waals surface area contributed by atoms with Gasteiger partial charge in [0.2, 0.25) is 0 Å². The Balaban J connectivity index is 2.64. The summed E-state index contributed by atoms with van der Waals surface area (Å²) in [4.78, 5) is 0. The van der Waals surface area contributed by atoms with Crippen molar-refractivity contribution in [2.75, 3.05) is 13.2 Å². The van der Waals surface area contributed by atoms with Gasteiger partial charge in [0.1, 0.15) is 0 Å². The molecule has 96 valence electrons. The third kappa shape index (κ3) is 3.55. The number of hydrogen-bond acceptors (Lipinski definition) is 3. The Morgan fingerprint density at radius 3 is 2.31 bits per heavy atom. The van der Waals surface area contributed by atoms with Crippen LogP contribution in [-0.2, 0) is 9.16 Å². The second kappa shape index (κ2) is 5.17. The normalized spacial score (nSPS) is 28.9. The number of rotatable bonds is 2. The average molecular weight is 246 g/mol. The summed E-state index contributed by atoms with van der Waals surface area (Å²) in [6.45, 7) is 12.5. The van der Waals surface area contributed by atoms with Crippen LogP contribution < -0.4 is 0 Å². The van der Waals surface area contributed by atoms with E-state index in [9.17, 15) is 5.11 Å². The van der Waals surface area contributed by atoms with Crippen molar-refractivity contribution in [1.29, 1.82) is 0 Å². The molecule has 1 aliphatic heterocycles. The second-order valence-corrected chi connectivity index (χ2v) is 10.9. The molecule has 1 N–H and O–H groups in total. The maximum atomic E-state index is 10.00. The third-order valence-corrected chi connectivity index (χ3v) is 8.29. The van der Waals surface area contributed by atoms with Crippen molar-refractivity contribution in [3.8, 4) is 0 Å². The Labute approximate surface area is 100 Å². The van der Waals surface area contributed by atoms with E-state index in [2.05, 4.69) is 33.9 Å². The van der Waals surface area contributed by atoms with Crippen LogP contribution in [0.5, 0.6) is 0 Å². The van der Waals surface area contributed by atoms with Crippen molar-refractivity contribution in [2.45, 2.75) is 64.0 Å². The van der Waals surface area contributed by atoms with E-state index in [1.165, 1.54) is 0 Å². The van der Waals surface area contributed by atoms with Gasteiger partial charge in [-0.1, -0.05) is 20.8 Å². The lowest BCUT2D eigenvalue weighted by molar-refractivity contribution is 0.0264. The minimum atomic E-state index is -1.77. The summed E-state index contributed by atoms with van der Waals surface area (Å²) in [6.07, 6.45) is 1.10. The van der Waals surface area contributed by atoms with Crippen molar-refractivity contribution >= 4 is 8.32 Å². The maximum absolute atomic E-state index is 10.00. The van der Waals surface area contributed by atoms with E-state index in [1.807, 2.05) is 0 Å². The van der Waals surface area contributed by atoms with Crippen molar-refractivity contribution in [3.63, 3.8) is 0 Å². The molecule has 1 aliphatic rings. The van der Waals surface area contributed by atoms with Gasteiger partial charge < -0.3 is 14.3 Å². The van der Waals surface area contributed by atoms with Crippen LogP contribution in [0.2, 0.25) is 18.1 Å². The van der Waals surface area contributed by atoms with Crippen LogP contribution in [0.25, 0.3) is 0 Å². The van der Waals surface area contributed by atoms with E-state index < -0.39 is 8.32 Å². The Morgan fingerprint density at radius 2 is 1.75 bits per heavy atom. The zero-order valence-corrected chi connectivity index (χ0v) is 12.2. The Hall–Kier alpha value is 0.0969. The molecule has 16 heavy (non-hydrogen) atoms. The molecule has 0 aromatic carbocycles.